The molecule has 2 aromatic rings. The summed E-state index contributed by atoms with van der Waals surface area (Å²) in [7, 11) is 0. The topological polar surface area (TPSA) is 103 Å². The monoisotopic (exact) mass is 347 g/mol. The van der Waals surface area contributed by atoms with Crippen molar-refractivity contribution in [1.29, 1.82) is 0 Å². The van der Waals surface area contributed by atoms with Crippen LogP contribution in [0.1, 0.15) is 18.9 Å². The number of thioether (sulfide) groups is 1. The van der Waals surface area contributed by atoms with Gasteiger partial charge >= 0.3 is 0 Å². The third-order valence-corrected chi connectivity index (χ3v) is 4.20. The molecular weight excluding hydrogens is 326 g/mol. The molecule has 0 bridgehead atoms. The third-order valence-electron chi connectivity index (χ3n) is 3.23. The summed E-state index contributed by atoms with van der Waals surface area (Å²) in [4.78, 5) is 22.4. The molecule has 2 amide bonds. The van der Waals surface area contributed by atoms with E-state index in [0.717, 1.165) is 29.9 Å². The number of nitrogens with two attached hydrogens (primary N) is 1. The van der Waals surface area contributed by atoms with Crippen molar-refractivity contribution in [3.8, 4) is 11.4 Å². The summed E-state index contributed by atoms with van der Waals surface area (Å²) in [6.45, 7) is 4.72. The van der Waals surface area contributed by atoms with E-state index in [9.17, 15) is 9.59 Å². The van der Waals surface area contributed by atoms with Crippen LogP contribution < -0.4 is 11.1 Å². The fraction of sp³-hybridized carbons (Fsp3) is 0.375. The highest BCUT2D eigenvalue weighted by atomic mass is 32.2. The molecule has 3 N–H and O–H groups in total. The quantitative estimate of drug-likeness (QED) is 0.702. The zero-order chi connectivity index (χ0) is 17.5. The number of rotatable bonds is 8. The van der Waals surface area contributed by atoms with Gasteiger partial charge in [0, 0.05) is 12.1 Å². The van der Waals surface area contributed by atoms with Gasteiger partial charge in [-0.15, -0.1) is 10.2 Å². The molecule has 0 aliphatic rings. The van der Waals surface area contributed by atoms with Crippen molar-refractivity contribution in [3.63, 3.8) is 0 Å². The third kappa shape index (κ3) is 4.82. The average Bonchev–Trinajstić information content (AvgIpc) is 2.94. The van der Waals surface area contributed by atoms with Gasteiger partial charge in [0.05, 0.1) is 12.3 Å². The second-order valence-electron chi connectivity index (χ2n) is 5.36. The lowest BCUT2D eigenvalue weighted by molar-refractivity contribution is -0.123. The van der Waals surface area contributed by atoms with Crippen LogP contribution in [0, 0.1) is 6.92 Å². The maximum Gasteiger partial charge on any atom is 0.236 e. The number of primary amides is 1. The lowest BCUT2D eigenvalue weighted by Gasteiger charge is -2.09. The van der Waals surface area contributed by atoms with E-state index in [1.54, 1.807) is 0 Å². The van der Waals surface area contributed by atoms with Crippen LogP contribution in [-0.2, 0) is 16.1 Å². The second-order valence-corrected chi connectivity index (χ2v) is 6.30. The Bertz CT molecular complexity index is 729. The van der Waals surface area contributed by atoms with Crippen LogP contribution in [0.2, 0.25) is 0 Å². The summed E-state index contributed by atoms with van der Waals surface area (Å²) in [6, 6.07) is 8.07. The van der Waals surface area contributed by atoms with Crippen molar-refractivity contribution in [2.45, 2.75) is 32.0 Å². The van der Waals surface area contributed by atoms with E-state index in [-0.39, 0.29) is 18.2 Å². The zero-order valence-electron chi connectivity index (χ0n) is 13.8. The summed E-state index contributed by atoms with van der Waals surface area (Å²) >= 11 is 1.29. The maximum atomic E-state index is 11.7. The maximum absolute atomic E-state index is 11.7. The van der Waals surface area contributed by atoms with E-state index < -0.39 is 5.91 Å². The number of aryl methyl sites for hydroxylation is 1. The van der Waals surface area contributed by atoms with Gasteiger partial charge in [-0.3, -0.25) is 9.59 Å². The first-order valence-corrected chi connectivity index (χ1v) is 8.68. The molecule has 0 aliphatic carbocycles. The molecule has 24 heavy (non-hydrogen) atoms. The fourth-order valence-corrected chi connectivity index (χ4v) is 2.98. The SMILES string of the molecule is CCCn1c(SCC(=O)NCC(N)=O)nnc1-c1cccc(C)c1. The van der Waals surface area contributed by atoms with Crippen LogP contribution >= 0.6 is 11.8 Å². The molecule has 0 saturated carbocycles. The number of aromatic nitrogens is 3. The first-order valence-electron chi connectivity index (χ1n) is 7.69. The van der Waals surface area contributed by atoms with E-state index >= 15 is 0 Å². The van der Waals surface area contributed by atoms with Crippen LogP contribution in [0.15, 0.2) is 29.4 Å². The van der Waals surface area contributed by atoms with Gasteiger partial charge < -0.3 is 15.6 Å². The van der Waals surface area contributed by atoms with Gasteiger partial charge in [-0.1, -0.05) is 42.4 Å². The molecule has 128 valence electrons. The highest BCUT2D eigenvalue weighted by Crippen LogP contribution is 2.24. The summed E-state index contributed by atoms with van der Waals surface area (Å²) in [6.07, 6.45) is 0.929. The van der Waals surface area contributed by atoms with E-state index in [2.05, 4.69) is 28.5 Å². The lowest BCUT2D eigenvalue weighted by atomic mass is 10.1. The van der Waals surface area contributed by atoms with Gasteiger partial charge in [-0.2, -0.15) is 0 Å². The number of nitrogens with one attached hydrogen (secondary N) is 1. The Hall–Kier alpha value is -2.35. The smallest absolute Gasteiger partial charge is 0.236 e. The van der Waals surface area contributed by atoms with Gasteiger partial charge in [-0.25, -0.2) is 0 Å². The number of carbonyl (C=O) groups excluding carboxylic acids is 2. The number of hydrogen-bond donors (Lipinski definition) is 2. The van der Waals surface area contributed by atoms with Crippen LogP contribution in [0.5, 0.6) is 0 Å². The Balaban J connectivity index is 2.13. The molecule has 0 aliphatic heterocycles. The summed E-state index contributed by atoms with van der Waals surface area (Å²) in [5.41, 5.74) is 7.16. The van der Waals surface area contributed by atoms with E-state index in [0.29, 0.717) is 5.16 Å². The Labute approximate surface area is 145 Å². The van der Waals surface area contributed by atoms with Crippen molar-refractivity contribution in [2.24, 2.45) is 5.73 Å². The molecule has 0 fully saturated rings. The Morgan fingerprint density at radius 3 is 2.79 bits per heavy atom. The fourth-order valence-electron chi connectivity index (χ4n) is 2.19. The molecule has 0 spiro atoms. The van der Waals surface area contributed by atoms with Crippen LogP contribution in [-0.4, -0.2) is 38.9 Å². The minimum absolute atomic E-state index is 0.156. The Morgan fingerprint density at radius 1 is 1.33 bits per heavy atom. The minimum Gasteiger partial charge on any atom is -0.368 e. The summed E-state index contributed by atoms with van der Waals surface area (Å²) < 4.78 is 2.01. The van der Waals surface area contributed by atoms with Gasteiger partial charge in [0.1, 0.15) is 0 Å². The van der Waals surface area contributed by atoms with Crippen molar-refractivity contribution >= 4 is 23.6 Å². The summed E-state index contributed by atoms with van der Waals surface area (Å²) in [5.74, 6) is 0.120. The standard InChI is InChI=1S/C16H21N5O2S/c1-3-7-21-15(12-6-4-5-11(2)8-12)19-20-16(21)24-10-14(23)18-9-13(17)22/h4-6,8H,3,7,9-10H2,1-2H3,(H2,17,22)(H,18,23). The molecule has 1 aromatic carbocycles. The Morgan fingerprint density at radius 2 is 2.12 bits per heavy atom. The number of nitrogens with zero attached hydrogens (tertiary/aromatic N) is 3. The first-order chi connectivity index (χ1) is 11.5. The lowest BCUT2D eigenvalue weighted by Crippen LogP contribution is -2.34. The number of carbonyl (C=O) groups is 2. The molecule has 0 unspecified atom stereocenters. The van der Waals surface area contributed by atoms with Gasteiger partial charge in [0.2, 0.25) is 11.8 Å². The molecule has 8 heteroatoms. The van der Waals surface area contributed by atoms with Gasteiger partial charge in [-0.05, 0) is 19.4 Å². The van der Waals surface area contributed by atoms with Crippen LogP contribution in [0.3, 0.4) is 0 Å². The molecule has 7 nitrogen and oxygen atoms in total. The molecule has 0 radical (unpaired) electrons. The van der Waals surface area contributed by atoms with E-state index in [1.165, 1.54) is 11.8 Å². The largest absolute Gasteiger partial charge is 0.368 e. The van der Waals surface area contributed by atoms with Crippen molar-refractivity contribution in [3.05, 3.63) is 29.8 Å². The first kappa shape index (κ1) is 18.0. The highest BCUT2D eigenvalue weighted by Gasteiger charge is 2.15. The normalized spacial score (nSPS) is 10.6. The summed E-state index contributed by atoms with van der Waals surface area (Å²) in [5, 5.41) is 11.6. The second kappa shape index (κ2) is 8.49. The predicted octanol–water partition coefficient (Wildman–Crippen LogP) is 1.36. The molecular formula is C16H21N5O2S. The van der Waals surface area contributed by atoms with Gasteiger partial charge in [0.25, 0.3) is 0 Å². The van der Waals surface area contributed by atoms with E-state index in [4.69, 9.17) is 5.73 Å². The molecule has 1 aromatic heterocycles. The average molecular weight is 347 g/mol. The van der Waals surface area contributed by atoms with Crippen molar-refractivity contribution < 1.29 is 9.59 Å². The molecule has 1 heterocycles. The van der Waals surface area contributed by atoms with Crippen LogP contribution in [0.25, 0.3) is 11.4 Å². The predicted molar refractivity (Wildman–Crippen MR) is 93.4 cm³/mol. The zero-order valence-corrected chi connectivity index (χ0v) is 14.6. The number of benzene rings is 1. The highest BCUT2D eigenvalue weighted by molar-refractivity contribution is 7.99. The van der Waals surface area contributed by atoms with Crippen molar-refractivity contribution in [2.75, 3.05) is 12.3 Å². The molecule has 2 rings (SSSR count). The van der Waals surface area contributed by atoms with Crippen molar-refractivity contribution in [1.82, 2.24) is 20.1 Å². The molecule has 0 saturated heterocycles. The minimum atomic E-state index is -0.566. The molecule has 0 atom stereocenters. The Kier molecular flexibility index (Phi) is 6.36. The number of hydrogen-bond acceptors (Lipinski definition) is 5. The number of amides is 2. The van der Waals surface area contributed by atoms with Crippen LogP contribution in [0.4, 0.5) is 0 Å². The van der Waals surface area contributed by atoms with E-state index in [1.807, 2.05) is 29.7 Å². The van der Waals surface area contributed by atoms with Gasteiger partial charge in [0.15, 0.2) is 11.0 Å².